The van der Waals surface area contributed by atoms with Gasteiger partial charge in [-0.25, -0.2) is 0 Å². The maximum atomic E-state index is 12.2. The van der Waals surface area contributed by atoms with Crippen LogP contribution in [0.15, 0.2) is 24.3 Å². The monoisotopic (exact) mass is 314 g/mol. The van der Waals surface area contributed by atoms with Crippen LogP contribution in [-0.4, -0.2) is 50.7 Å². The van der Waals surface area contributed by atoms with Crippen molar-refractivity contribution in [1.29, 1.82) is 0 Å². The molecule has 1 atom stereocenters. The Hall–Kier alpha value is -1.46. The molecule has 1 fully saturated rings. The number of benzene rings is 1. The molecule has 0 aliphatic carbocycles. The number of hydrogen-bond donors (Lipinski definition) is 1. The quantitative estimate of drug-likeness (QED) is 0.868. The number of ether oxygens (including phenoxy) is 2. The van der Waals surface area contributed by atoms with E-state index < -0.39 is 0 Å². The van der Waals surface area contributed by atoms with Gasteiger partial charge in [0.05, 0.1) is 7.11 Å². The molecule has 1 aromatic rings. The maximum Gasteiger partial charge on any atom is 0.260 e. The molecule has 0 spiro atoms. The average Bonchev–Trinajstić information content (AvgIpc) is 2.94. The van der Waals surface area contributed by atoms with E-state index in [0.717, 1.165) is 25.9 Å². The van der Waals surface area contributed by atoms with Gasteiger partial charge in [0.25, 0.3) is 5.91 Å². The minimum absolute atomic E-state index is 0. The van der Waals surface area contributed by atoms with Crippen LogP contribution in [0.2, 0.25) is 0 Å². The molecule has 1 amide bonds. The fourth-order valence-corrected chi connectivity index (χ4v) is 2.57. The van der Waals surface area contributed by atoms with E-state index in [2.05, 4.69) is 5.32 Å². The molecular formula is C15H23ClN2O3. The summed E-state index contributed by atoms with van der Waals surface area (Å²) in [5.74, 6) is 1.29. The number of methoxy groups -OCH3 is 1. The Morgan fingerprint density at radius 3 is 2.76 bits per heavy atom. The molecule has 1 aliphatic heterocycles. The summed E-state index contributed by atoms with van der Waals surface area (Å²) in [4.78, 5) is 14.1. The topological polar surface area (TPSA) is 50.8 Å². The highest BCUT2D eigenvalue weighted by Crippen LogP contribution is 2.26. The number of nitrogens with one attached hydrogen (secondary N) is 1. The van der Waals surface area contributed by atoms with Gasteiger partial charge in [-0.15, -0.1) is 12.4 Å². The molecule has 0 saturated carbocycles. The van der Waals surface area contributed by atoms with E-state index in [-0.39, 0.29) is 31.0 Å². The van der Waals surface area contributed by atoms with Crippen molar-refractivity contribution in [3.63, 3.8) is 0 Å². The second-order valence-corrected chi connectivity index (χ2v) is 4.88. The molecule has 0 aromatic heterocycles. The molecule has 0 bridgehead atoms. The molecule has 1 N–H and O–H groups in total. The van der Waals surface area contributed by atoms with Gasteiger partial charge in [-0.2, -0.15) is 0 Å². The zero-order valence-corrected chi connectivity index (χ0v) is 13.3. The van der Waals surface area contributed by atoms with Crippen LogP contribution < -0.4 is 14.8 Å². The zero-order chi connectivity index (χ0) is 14.4. The van der Waals surface area contributed by atoms with Gasteiger partial charge in [-0.05, 0) is 32.0 Å². The number of likely N-dealkylation sites (tertiary alicyclic amines) is 1. The van der Waals surface area contributed by atoms with Crippen molar-refractivity contribution in [2.75, 3.05) is 33.9 Å². The molecule has 1 aliphatic rings. The van der Waals surface area contributed by atoms with E-state index in [9.17, 15) is 4.79 Å². The first-order chi connectivity index (χ1) is 9.76. The molecule has 1 aromatic carbocycles. The van der Waals surface area contributed by atoms with Gasteiger partial charge in [0.1, 0.15) is 0 Å². The Kier molecular flexibility index (Phi) is 7.32. The maximum absolute atomic E-state index is 12.2. The Morgan fingerprint density at radius 2 is 2.10 bits per heavy atom. The van der Waals surface area contributed by atoms with Crippen LogP contribution >= 0.6 is 12.4 Å². The van der Waals surface area contributed by atoms with Crippen molar-refractivity contribution in [2.45, 2.75) is 18.9 Å². The normalized spacial score (nSPS) is 17.2. The van der Waals surface area contributed by atoms with Crippen molar-refractivity contribution < 1.29 is 14.3 Å². The first-order valence-electron chi connectivity index (χ1n) is 6.96. The second kappa shape index (κ2) is 8.74. The van der Waals surface area contributed by atoms with E-state index in [1.165, 1.54) is 0 Å². The summed E-state index contributed by atoms with van der Waals surface area (Å²) < 4.78 is 10.8. The van der Waals surface area contributed by atoms with Crippen molar-refractivity contribution >= 4 is 18.3 Å². The molecule has 21 heavy (non-hydrogen) atoms. The molecule has 1 heterocycles. The number of carbonyl (C=O) groups excluding carboxylic acids is 1. The van der Waals surface area contributed by atoms with Crippen molar-refractivity contribution in [2.24, 2.45) is 0 Å². The summed E-state index contributed by atoms with van der Waals surface area (Å²) in [5, 5.41) is 3.13. The third-order valence-corrected chi connectivity index (χ3v) is 3.56. The Balaban J connectivity index is 0.00000220. The first kappa shape index (κ1) is 17.6. The lowest BCUT2D eigenvalue weighted by Gasteiger charge is -2.24. The summed E-state index contributed by atoms with van der Waals surface area (Å²) in [5.41, 5.74) is 0. The van der Waals surface area contributed by atoms with Crippen LogP contribution in [0, 0.1) is 0 Å². The number of rotatable bonds is 6. The Morgan fingerprint density at radius 1 is 1.38 bits per heavy atom. The minimum atomic E-state index is 0. The van der Waals surface area contributed by atoms with Crippen LogP contribution in [0.5, 0.6) is 11.5 Å². The smallest absolute Gasteiger partial charge is 0.260 e. The number of halogens is 1. The van der Waals surface area contributed by atoms with E-state index in [1.807, 2.05) is 30.1 Å². The predicted molar refractivity (Wildman–Crippen MR) is 84.4 cm³/mol. The molecular weight excluding hydrogens is 292 g/mol. The fourth-order valence-electron chi connectivity index (χ4n) is 2.57. The van der Waals surface area contributed by atoms with Crippen LogP contribution in [-0.2, 0) is 4.79 Å². The average molecular weight is 315 g/mol. The molecule has 6 heteroatoms. The van der Waals surface area contributed by atoms with E-state index in [0.29, 0.717) is 11.5 Å². The third kappa shape index (κ3) is 4.51. The molecule has 118 valence electrons. The number of para-hydroxylation sites is 2. The number of amides is 1. The standard InChI is InChI=1S/C15H22N2O3.ClH/c1-16-10-12-6-5-9-17(12)15(18)11-20-14-8-4-3-7-13(14)19-2;/h3-4,7-8,12,16H,5-6,9-11H2,1-2H3;1H. The van der Waals surface area contributed by atoms with Crippen molar-refractivity contribution in [1.82, 2.24) is 10.2 Å². The van der Waals surface area contributed by atoms with Crippen LogP contribution in [0.3, 0.4) is 0 Å². The van der Waals surface area contributed by atoms with Crippen LogP contribution in [0.1, 0.15) is 12.8 Å². The van der Waals surface area contributed by atoms with Gasteiger partial charge in [-0.1, -0.05) is 12.1 Å². The van der Waals surface area contributed by atoms with Crippen molar-refractivity contribution in [3.05, 3.63) is 24.3 Å². The molecule has 1 saturated heterocycles. The number of hydrogen-bond acceptors (Lipinski definition) is 4. The summed E-state index contributed by atoms with van der Waals surface area (Å²) in [6.07, 6.45) is 2.12. The van der Waals surface area contributed by atoms with E-state index >= 15 is 0 Å². The lowest BCUT2D eigenvalue weighted by Crippen LogP contribution is -2.43. The molecule has 5 nitrogen and oxygen atoms in total. The van der Waals surface area contributed by atoms with E-state index in [4.69, 9.17) is 9.47 Å². The van der Waals surface area contributed by atoms with Crippen LogP contribution in [0.25, 0.3) is 0 Å². The largest absolute Gasteiger partial charge is 0.493 e. The highest BCUT2D eigenvalue weighted by molar-refractivity contribution is 5.85. The van der Waals surface area contributed by atoms with Gasteiger partial charge in [-0.3, -0.25) is 4.79 Å². The minimum Gasteiger partial charge on any atom is -0.493 e. The van der Waals surface area contributed by atoms with Gasteiger partial charge >= 0.3 is 0 Å². The highest BCUT2D eigenvalue weighted by atomic mass is 35.5. The lowest BCUT2D eigenvalue weighted by molar-refractivity contribution is -0.134. The van der Waals surface area contributed by atoms with Gasteiger partial charge < -0.3 is 19.7 Å². The second-order valence-electron chi connectivity index (χ2n) is 4.88. The third-order valence-electron chi connectivity index (χ3n) is 3.56. The molecule has 1 unspecified atom stereocenters. The highest BCUT2D eigenvalue weighted by Gasteiger charge is 2.28. The zero-order valence-electron chi connectivity index (χ0n) is 12.5. The summed E-state index contributed by atoms with van der Waals surface area (Å²) in [6, 6.07) is 7.65. The summed E-state index contributed by atoms with van der Waals surface area (Å²) in [6.45, 7) is 1.71. The van der Waals surface area contributed by atoms with Gasteiger partial charge in [0.15, 0.2) is 18.1 Å². The first-order valence-corrected chi connectivity index (χ1v) is 6.96. The Labute approximate surface area is 132 Å². The number of nitrogens with zero attached hydrogens (tertiary/aromatic N) is 1. The number of likely N-dealkylation sites (N-methyl/N-ethyl adjacent to an activating group) is 1. The summed E-state index contributed by atoms with van der Waals surface area (Å²) >= 11 is 0. The SMILES string of the molecule is CNCC1CCCN1C(=O)COc1ccccc1OC.Cl. The van der Waals surface area contributed by atoms with Crippen LogP contribution in [0.4, 0.5) is 0 Å². The summed E-state index contributed by atoms with van der Waals surface area (Å²) in [7, 11) is 3.50. The lowest BCUT2D eigenvalue weighted by atomic mass is 10.2. The molecule has 2 rings (SSSR count). The van der Waals surface area contributed by atoms with Gasteiger partial charge in [0.2, 0.25) is 0 Å². The van der Waals surface area contributed by atoms with Crippen molar-refractivity contribution in [3.8, 4) is 11.5 Å². The van der Waals surface area contributed by atoms with E-state index in [1.54, 1.807) is 13.2 Å². The number of carbonyl (C=O) groups is 1. The predicted octanol–water partition coefficient (Wildman–Crippen LogP) is 1.71. The fraction of sp³-hybridized carbons (Fsp3) is 0.533. The Bertz CT molecular complexity index is 456. The van der Waals surface area contributed by atoms with Gasteiger partial charge in [0, 0.05) is 19.1 Å². The molecule has 0 radical (unpaired) electrons.